The fraction of sp³-hybridized carbons (Fsp3) is 0.500. The normalized spacial score (nSPS) is 22.4. The highest BCUT2D eigenvalue weighted by molar-refractivity contribution is 5.92. The number of nitrogens with zero attached hydrogens (tertiary/aromatic N) is 3. The third kappa shape index (κ3) is 2.27. The molecule has 2 aromatic rings. The Morgan fingerprint density at radius 3 is 3.15 bits per heavy atom. The number of aromatic nitrogens is 3. The number of ether oxygens (including phenoxy) is 1. The van der Waals surface area contributed by atoms with Crippen molar-refractivity contribution in [2.24, 2.45) is 5.92 Å². The number of hydrogen-bond donors (Lipinski definition) is 1. The van der Waals surface area contributed by atoms with Crippen LogP contribution in [0, 0.1) is 5.92 Å². The van der Waals surface area contributed by atoms with Crippen LogP contribution in [0.2, 0.25) is 0 Å². The summed E-state index contributed by atoms with van der Waals surface area (Å²) >= 11 is 0. The molecule has 2 atom stereocenters. The average molecular weight is 275 g/mol. The Labute approximate surface area is 116 Å². The van der Waals surface area contributed by atoms with Gasteiger partial charge in [-0.25, -0.2) is 9.48 Å². The molecule has 0 bridgehead atoms. The van der Waals surface area contributed by atoms with Gasteiger partial charge < -0.3 is 9.84 Å². The van der Waals surface area contributed by atoms with Gasteiger partial charge in [-0.3, -0.25) is 0 Å². The van der Waals surface area contributed by atoms with Crippen LogP contribution < -0.4 is 0 Å². The first-order chi connectivity index (χ1) is 9.69. The predicted molar refractivity (Wildman–Crippen MR) is 72.6 cm³/mol. The Morgan fingerprint density at radius 2 is 2.40 bits per heavy atom. The van der Waals surface area contributed by atoms with Crippen LogP contribution >= 0.6 is 0 Å². The fourth-order valence-electron chi connectivity index (χ4n) is 2.81. The lowest BCUT2D eigenvalue weighted by Crippen LogP contribution is -2.20. The number of fused-ring (bicyclic) bond motifs is 1. The molecule has 6 heteroatoms. The number of carbonyl (C=O) groups is 1. The molecule has 2 heterocycles. The topological polar surface area (TPSA) is 77.2 Å². The van der Waals surface area contributed by atoms with Gasteiger partial charge in [0.05, 0.1) is 17.2 Å². The van der Waals surface area contributed by atoms with E-state index < -0.39 is 5.97 Å². The number of carboxylic acids is 1. The molecular weight excluding hydrogens is 258 g/mol. The van der Waals surface area contributed by atoms with Crippen LogP contribution in [0.3, 0.4) is 0 Å². The molecule has 0 amide bonds. The molecule has 1 N–H and O–H groups in total. The van der Waals surface area contributed by atoms with Crippen LogP contribution in [0.1, 0.15) is 30.1 Å². The molecule has 6 nitrogen and oxygen atoms in total. The second-order valence-electron chi connectivity index (χ2n) is 5.15. The van der Waals surface area contributed by atoms with Crippen molar-refractivity contribution in [3.63, 3.8) is 0 Å². The van der Waals surface area contributed by atoms with E-state index in [9.17, 15) is 4.79 Å². The molecule has 1 fully saturated rings. The molecule has 0 aliphatic carbocycles. The Morgan fingerprint density at radius 1 is 1.55 bits per heavy atom. The first-order valence-electron chi connectivity index (χ1n) is 6.87. The number of aromatic carboxylic acids is 1. The van der Waals surface area contributed by atoms with Crippen molar-refractivity contribution in [2.75, 3.05) is 6.61 Å². The first kappa shape index (κ1) is 13.1. The molecule has 3 rings (SSSR count). The van der Waals surface area contributed by atoms with Crippen molar-refractivity contribution in [2.45, 2.75) is 32.4 Å². The van der Waals surface area contributed by atoms with Crippen LogP contribution in [-0.2, 0) is 11.3 Å². The molecular formula is C14H17N3O3. The largest absolute Gasteiger partial charge is 0.478 e. The lowest BCUT2D eigenvalue weighted by Gasteiger charge is -2.16. The number of carboxylic acid groups (broad SMARTS) is 1. The van der Waals surface area contributed by atoms with Crippen molar-refractivity contribution in [3.8, 4) is 0 Å². The van der Waals surface area contributed by atoms with Crippen molar-refractivity contribution in [1.29, 1.82) is 0 Å². The predicted octanol–water partition coefficient (Wildman–Crippen LogP) is 1.94. The number of rotatable bonds is 4. The lowest BCUT2D eigenvalue weighted by atomic mass is 10.00. The van der Waals surface area contributed by atoms with Crippen LogP contribution in [0.25, 0.3) is 11.0 Å². The van der Waals surface area contributed by atoms with Crippen molar-refractivity contribution in [3.05, 3.63) is 23.8 Å². The zero-order chi connectivity index (χ0) is 14.1. The molecule has 1 aliphatic heterocycles. The number of hydrogen-bond acceptors (Lipinski definition) is 4. The summed E-state index contributed by atoms with van der Waals surface area (Å²) in [6.45, 7) is 3.70. The quantitative estimate of drug-likeness (QED) is 0.922. The van der Waals surface area contributed by atoms with Gasteiger partial charge in [0.1, 0.15) is 5.52 Å². The summed E-state index contributed by atoms with van der Waals surface area (Å²) in [7, 11) is 0. The monoisotopic (exact) mass is 275 g/mol. The summed E-state index contributed by atoms with van der Waals surface area (Å²) in [5, 5.41) is 17.2. The summed E-state index contributed by atoms with van der Waals surface area (Å²) in [4.78, 5) is 10.9. The van der Waals surface area contributed by atoms with Gasteiger partial charge in [0.25, 0.3) is 0 Å². The van der Waals surface area contributed by atoms with E-state index in [1.807, 2.05) is 4.68 Å². The van der Waals surface area contributed by atoms with Gasteiger partial charge in [0.2, 0.25) is 0 Å². The van der Waals surface area contributed by atoms with E-state index in [1.165, 1.54) is 0 Å². The zero-order valence-electron chi connectivity index (χ0n) is 11.3. The molecule has 1 saturated heterocycles. The number of benzene rings is 1. The van der Waals surface area contributed by atoms with Gasteiger partial charge >= 0.3 is 5.97 Å². The Kier molecular flexibility index (Phi) is 3.40. The highest BCUT2D eigenvalue weighted by Gasteiger charge is 2.27. The molecule has 1 aromatic heterocycles. The Hall–Kier alpha value is -1.95. The van der Waals surface area contributed by atoms with Crippen molar-refractivity contribution >= 4 is 17.0 Å². The summed E-state index contributed by atoms with van der Waals surface area (Å²) < 4.78 is 7.54. The molecule has 0 saturated carbocycles. The van der Waals surface area contributed by atoms with Crippen LogP contribution in [0.5, 0.6) is 0 Å². The highest BCUT2D eigenvalue weighted by Crippen LogP contribution is 2.26. The van der Waals surface area contributed by atoms with E-state index in [2.05, 4.69) is 17.2 Å². The van der Waals surface area contributed by atoms with E-state index >= 15 is 0 Å². The maximum absolute atomic E-state index is 10.9. The highest BCUT2D eigenvalue weighted by atomic mass is 16.5. The zero-order valence-corrected chi connectivity index (χ0v) is 11.3. The minimum Gasteiger partial charge on any atom is -0.478 e. The van der Waals surface area contributed by atoms with Gasteiger partial charge in [-0.05, 0) is 31.0 Å². The second kappa shape index (κ2) is 5.20. The smallest absolute Gasteiger partial charge is 0.335 e. The van der Waals surface area contributed by atoms with Gasteiger partial charge in [-0.2, -0.15) is 0 Å². The van der Waals surface area contributed by atoms with E-state index in [1.54, 1.807) is 18.2 Å². The minimum absolute atomic E-state index is 0.236. The molecule has 0 spiro atoms. The average Bonchev–Trinajstić information content (AvgIpc) is 3.05. The molecule has 0 radical (unpaired) electrons. The fourth-order valence-corrected chi connectivity index (χ4v) is 2.81. The third-order valence-corrected chi connectivity index (χ3v) is 3.92. The van der Waals surface area contributed by atoms with Gasteiger partial charge in [-0.1, -0.05) is 12.1 Å². The van der Waals surface area contributed by atoms with Gasteiger partial charge in [-0.15, -0.1) is 5.10 Å². The summed E-state index contributed by atoms with van der Waals surface area (Å²) in [6, 6.07) is 4.92. The van der Waals surface area contributed by atoms with Crippen LogP contribution in [-0.4, -0.2) is 38.8 Å². The SMILES string of the molecule is CCC1OCCC1Cn1nnc2cc(C(=O)O)ccc21. The van der Waals surface area contributed by atoms with E-state index in [0.717, 1.165) is 31.5 Å². The van der Waals surface area contributed by atoms with Crippen molar-refractivity contribution < 1.29 is 14.6 Å². The molecule has 1 aliphatic rings. The van der Waals surface area contributed by atoms with E-state index in [-0.39, 0.29) is 11.7 Å². The van der Waals surface area contributed by atoms with Gasteiger partial charge in [0.15, 0.2) is 0 Å². The molecule has 2 unspecified atom stereocenters. The molecule has 20 heavy (non-hydrogen) atoms. The Balaban J connectivity index is 1.87. The second-order valence-corrected chi connectivity index (χ2v) is 5.15. The van der Waals surface area contributed by atoms with Crippen LogP contribution in [0.4, 0.5) is 0 Å². The molecule has 1 aromatic carbocycles. The first-order valence-corrected chi connectivity index (χ1v) is 6.87. The summed E-state index contributed by atoms with van der Waals surface area (Å²) in [5.41, 5.74) is 1.73. The standard InChI is InChI=1S/C14H17N3O3/c1-2-13-10(5-6-20-13)8-17-12-4-3-9(14(18)19)7-11(12)15-16-17/h3-4,7,10,13H,2,5-6,8H2,1H3,(H,18,19). The molecule has 106 valence electrons. The van der Waals surface area contributed by atoms with Crippen molar-refractivity contribution in [1.82, 2.24) is 15.0 Å². The van der Waals surface area contributed by atoms with Gasteiger partial charge in [0, 0.05) is 19.1 Å². The maximum atomic E-state index is 10.9. The van der Waals surface area contributed by atoms with E-state index in [0.29, 0.717) is 11.4 Å². The summed E-state index contributed by atoms with van der Waals surface area (Å²) in [5.74, 6) is -0.499. The maximum Gasteiger partial charge on any atom is 0.335 e. The minimum atomic E-state index is -0.948. The summed E-state index contributed by atoms with van der Waals surface area (Å²) in [6.07, 6.45) is 2.32. The van der Waals surface area contributed by atoms with Crippen LogP contribution in [0.15, 0.2) is 18.2 Å². The van der Waals surface area contributed by atoms with E-state index in [4.69, 9.17) is 9.84 Å². The Bertz CT molecular complexity index is 638. The lowest BCUT2D eigenvalue weighted by molar-refractivity contribution is 0.0697. The third-order valence-electron chi connectivity index (χ3n) is 3.92.